The molecule has 11 nitrogen and oxygen atoms in total. The van der Waals surface area contributed by atoms with Crippen molar-refractivity contribution in [2.24, 2.45) is 0 Å². The molecule has 0 saturated heterocycles. The highest BCUT2D eigenvalue weighted by atomic mass is 32.2. The minimum absolute atomic E-state index is 0.105. The summed E-state index contributed by atoms with van der Waals surface area (Å²) in [6, 6.07) is 17.8. The van der Waals surface area contributed by atoms with Crippen LogP contribution in [0.2, 0.25) is 0 Å². The molecule has 1 heterocycles. The number of nitrogens with zero attached hydrogens (tertiary/aromatic N) is 2. The Morgan fingerprint density at radius 2 is 1.10 bits per heavy atom. The summed E-state index contributed by atoms with van der Waals surface area (Å²) in [5.74, 6) is -1.33. The number of hydrogen-bond acceptors (Lipinski definition) is 13. The van der Waals surface area contributed by atoms with Crippen molar-refractivity contribution in [1.29, 1.82) is 10.5 Å². The topological polar surface area (TPSA) is 162 Å². The molecule has 0 unspecified atom stereocenters. The molecule has 3 aromatic rings. The van der Waals surface area contributed by atoms with E-state index >= 15 is 0 Å². The summed E-state index contributed by atoms with van der Waals surface area (Å²) in [5, 5.41) is 18.7. The van der Waals surface area contributed by atoms with E-state index in [0.717, 1.165) is 30.6 Å². The first kappa shape index (κ1) is 28.8. The van der Waals surface area contributed by atoms with Crippen molar-refractivity contribution in [2.45, 2.75) is 16.7 Å². The lowest BCUT2D eigenvalue weighted by atomic mass is 10.2. The van der Waals surface area contributed by atoms with Crippen LogP contribution in [0.4, 0.5) is 4.79 Å². The molecular formula is C28H16N2O9S2. The van der Waals surface area contributed by atoms with Gasteiger partial charge in [0.15, 0.2) is 0 Å². The third kappa shape index (κ3) is 6.86. The summed E-state index contributed by atoms with van der Waals surface area (Å²) in [4.78, 5) is 48.8. The molecule has 204 valence electrons. The fraction of sp³-hybridized carbons (Fsp3) is 0.0714. The molecule has 0 atom stereocenters. The quantitative estimate of drug-likeness (QED) is 0.150. The fourth-order valence-corrected chi connectivity index (χ4v) is 5.73. The van der Waals surface area contributed by atoms with Gasteiger partial charge in [-0.3, -0.25) is 4.79 Å². The molecule has 0 spiro atoms. The van der Waals surface area contributed by atoms with Gasteiger partial charge >= 0.3 is 24.1 Å². The van der Waals surface area contributed by atoms with E-state index in [0.29, 0.717) is 14.0 Å². The minimum Gasteiger partial charge on any atom is -0.437 e. The van der Waals surface area contributed by atoms with Crippen molar-refractivity contribution in [3.8, 4) is 35.1 Å². The Bertz CT molecular complexity index is 1650. The number of benzene rings is 3. The van der Waals surface area contributed by atoms with E-state index in [1.165, 1.54) is 67.6 Å². The summed E-state index contributed by atoms with van der Waals surface area (Å²) in [5.41, 5.74) is 0.156. The van der Waals surface area contributed by atoms with Crippen LogP contribution in [-0.4, -0.2) is 31.2 Å². The molecule has 0 aliphatic carbocycles. The normalized spacial score (nSPS) is 11.3. The lowest BCUT2D eigenvalue weighted by Gasteiger charge is -2.12. The van der Waals surface area contributed by atoms with E-state index in [1.807, 2.05) is 12.1 Å². The third-order valence-corrected chi connectivity index (χ3v) is 7.70. The second-order valence-electron chi connectivity index (χ2n) is 7.79. The molecule has 0 aromatic heterocycles. The van der Waals surface area contributed by atoms with E-state index in [-0.39, 0.29) is 39.7 Å². The van der Waals surface area contributed by atoms with E-state index in [1.54, 1.807) is 0 Å². The van der Waals surface area contributed by atoms with E-state index in [2.05, 4.69) is 4.74 Å². The Morgan fingerprint density at radius 1 is 0.659 bits per heavy atom. The number of hydrogen-bond donors (Lipinski definition) is 0. The van der Waals surface area contributed by atoms with Gasteiger partial charge in [0.2, 0.25) is 0 Å². The molecule has 0 amide bonds. The van der Waals surface area contributed by atoms with Crippen LogP contribution in [0.15, 0.2) is 80.3 Å². The Kier molecular flexibility index (Phi) is 8.94. The number of methoxy groups -OCH3 is 1. The van der Waals surface area contributed by atoms with Crippen LogP contribution in [-0.2, 0) is 9.53 Å². The van der Waals surface area contributed by atoms with Gasteiger partial charge in [-0.05, 0) is 60.7 Å². The maximum absolute atomic E-state index is 12.9. The maximum Gasteiger partial charge on any atom is 0.513 e. The molecule has 13 heteroatoms. The molecule has 0 bridgehead atoms. The zero-order valence-corrected chi connectivity index (χ0v) is 22.8. The number of fused-ring (bicyclic) bond motifs is 1. The van der Waals surface area contributed by atoms with Gasteiger partial charge in [-0.25, -0.2) is 14.4 Å². The maximum atomic E-state index is 12.9. The predicted molar refractivity (Wildman–Crippen MR) is 144 cm³/mol. The zero-order chi connectivity index (χ0) is 29.5. The second kappa shape index (κ2) is 12.7. The Labute approximate surface area is 241 Å². The van der Waals surface area contributed by atoms with Crippen LogP contribution in [0.3, 0.4) is 0 Å². The van der Waals surface area contributed by atoms with E-state index < -0.39 is 24.1 Å². The summed E-state index contributed by atoms with van der Waals surface area (Å²) >= 11 is 2.05. The smallest absolute Gasteiger partial charge is 0.437 e. The van der Waals surface area contributed by atoms with Crippen molar-refractivity contribution in [1.82, 2.24) is 0 Å². The molecule has 41 heavy (non-hydrogen) atoms. The van der Waals surface area contributed by atoms with Crippen molar-refractivity contribution < 1.29 is 42.9 Å². The number of rotatable bonds is 6. The van der Waals surface area contributed by atoms with E-state index in [9.17, 15) is 29.7 Å². The Hall–Kier alpha value is -5.24. The molecule has 0 fully saturated rings. The van der Waals surface area contributed by atoms with Crippen LogP contribution in [0.1, 0.15) is 27.6 Å². The number of nitriles is 2. The molecule has 0 N–H and O–H groups in total. The van der Waals surface area contributed by atoms with Crippen molar-refractivity contribution in [3.05, 3.63) is 81.6 Å². The highest BCUT2D eigenvalue weighted by molar-refractivity contribution is 8.24. The van der Waals surface area contributed by atoms with E-state index in [4.69, 9.17) is 18.9 Å². The molecule has 4 rings (SSSR count). The number of thioether (sulfide) groups is 2. The van der Waals surface area contributed by atoms with Crippen LogP contribution < -0.4 is 18.9 Å². The van der Waals surface area contributed by atoms with Crippen molar-refractivity contribution in [2.75, 3.05) is 7.11 Å². The summed E-state index contributed by atoms with van der Waals surface area (Å²) in [6.45, 7) is 1.25. The lowest BCUT2D eigenvalue weighted by molar-refractivity contribution is -0.131. The van der Waals surface area contributed by atoms with Crippen molar-refractivity contribution in [3.63, 3.8) is 0 Å². The predicted octanol–water partition coefficient (Wildman–Crippen LogP) is 5.65. The first-order valence-electron chi connectivity index (χ1n) is 11.4. The molecule has 1 aliphatic rings. The standard InChI is InChI=1S/C28H16N2O9S2/c1-15(31)36-19-7-3-16(4-8-19)25(32)38-21-11-12-22(24-23(21)40-27(41-24)18(13-29)14-30)39-26(33)17-5-9-20(10-6-17)37-28(34)35-2/h3-12H,1-2H3. The van der Waals surface area contributed by atoms with Gasteiger partial charge < -0.3 is 23.7 Å². The van der Waals surface area contributed by atoms with Gasteiger partial charge in [0.05, 0.1) is 32.3 Å². The SMILES string of the molecule is COC(=O)Oc1ccc(C(=O)Oc2ccc(OC(=O)c3ccc(OC(C)=O)cc3)c3c2SC(=C(C#N)C#N)S3)cc1. The van der Waals surface area contributed by atoms with Crippen LogP contribution >= 0.6 is 23.5 Å². The number of carbonyl (C=O) groups excluding carboxylic acids is 4. The number of allylic oxidation sites excluding steroid dienone is 1. The summed E-state index contributed by atoms with van der Waals surface area (Å²) < 4.78 is 25.8. The minimum atomic E-state index is -0.914. The monoisotopic (exact) mass is 588 g/mol. The van der Waals surface area contributed by atoms with Crippen LogP contribution in [0.25, 0.3) is 0 Å². The van der Waals surface area contributed by atoms with Gasteiger partial charge in [-0.1, -0.05) is 23.5 Å². The molecule has 0 saturated carbocycles. The largest absolute Gasteiger partial charge is 0.513 e. The number of carbonyl (C=O) groups is 4. The first-order valence-corrected chi connectivity index (χ1v) is 13.0. The summed E-state index contributed by atoms with van der Waals surface area (Å²) in [6.07, 6.45) is -0.914. The van der Waals surface area contributed by atoms with Crippen LogP contribution in [0, 0.1) is 22.7 Å². The van der Waals surface area contributed by atoms with Gasteiger partial charge in [0.1, 0.15) is 40.7 Å². The van der Waals surface area contributed by atoms with Crippen molar-refractivity contribution >= 4 is 47.6 Å². The third-order valence-electron chi connectivity index (χ3n) is 5.07. The Balaban J connectivity index is 1.60. The first-order chi connectivity index (χ1) is 19.7. The lowest BCUT2D eigenvalue weighted by Crippen LogP contribution is -2.11. The average molecular weight is 589 g/mol. The average Bonchev–Trinajstić information content (AvgIpc) is 3.41. The molecule has 1 aliphatic heterocycles. The Morgan fingerprint density at radius 3 is 1.49 bits per heavy atom. The second-order valence-corrected chi connectivity index (χ2v) is 10.1. The van der Waals surface area contributed by atoms with Gasteiger partial charge in [-0.15, -0.1) is 0 Å². The summed E-state index contributed by atoms with van der Waals surface area (Å²) in [7, 11) is 1.16. The van der Waals surface area contributed by atoms with Crippen LogP contribution in [0.5, 0.6) is 23.0 Å². The molecule has 0 radical (unpaired) electrons. The highest BCUT2D eigenvalue weighted by Crippen LogP contribution is 2.59. The highest BCUT2D eigenvalue weighted by Gasteiger charge is 2.30. The zero-order valence-electron chi connectivity index (χ0n) is 21.2. The van der Waals surface area contributed by atoms with Gasteiger partial charge in [-0.2, -0.15) is 10.5 Å². The number of esters is 3. The fourth-order valence-electron chi connectivity index (χ4n) is 3.24. The molecule has 3 aromatic carbocycles. The van der Waals surface area contributed by atoms with Gasteiger partial charge in [0, 0.05) is 6.92 Å². The number of ether oxygens (including phenoxy) is 5. The van der Waals surface area contributed by atoms with Gasteiger partial charge in [0.25, 0.3) is 0 Å². The molecular weight excluding hydrogens is 572 g/mol.